The van der Waals surface area contributed by atoms with Crippen molar-refractivity contribution in [2.75, 3.05) is 13.1 Å². The van der Waals surface area contributed by atoms with Crippen LogP contribution in [-0.4, -0.2) is 36.1 Å². The standard InChI is InChI=1S/C16H27N3/c1-12-11-19(9-8-16(12)18-14-4-5-14)15-6-2-13(10-17)3-7-15/h12-16,18H,2-9,11H2,1H3. The van der Waals surface area contributed by atoms with Gasteiger partial charge in [-0.25, -0.2) is 0 Å². The number of hydrogen-bond acceptors (Lipinski definition) is 3. The second-order valence-corrected chi connectivity index (χ2v) is 6.94. The molecule has 3 heteroatoms. The maximum atomic E-state index is 8.98. The molecule has 2 saturated carbocycles. The molecule has 0 radical (unpaired) electrons. The molecule has 1 saturated heterocycles. The Kier molecular flexibility index (Phi) is 4.10. The highest BCUT2D eigenvalue weighted by atomic mass is 15.2. The van der Waals surface area contributed by atoms with E-state index in [1.54, 1.807) is 0 Å². The predicted octanol–water partition coefficient (Wildman–Crippen LogP) is 2.53. The van der Waals surface area contributed by atoms with Gasteiger partial charge in [-0.05, 0) is 57.4 Å². The minimum atomic E-state index is 0.336. The predicted molar refractivity (Wildman–Crippen MR) is 76.7 cm³/mol. The molecular weight excluding hydrogens is 234 g/mol. The first-order valence-electron chi connectivity index (χ1n) is 8.16. The SMILES string of the molecule is CC1CN(C2CCC(C#N)CC2)CCC1NC1CC1. The van der Waals surface area contributed by atoms with E-state index in [0.717, 1.165) is 36.9 Å². The van der Waals surface area contributed by atoms with Gasteiger partial charge in [-0.15, -0.1) is 0 Å². The van der Waals surface area contributed by atoms with Crippen LogP contribution in [0.5, 0.6) is 0 Å². The Balaban J connectivity index is 1.47. The van der Waals surface area contributed by atoms with Crippen molar-refractivity contribution in [3.8, 4) is 6.07 Å². The molecular formula is C16H27N3. The summed E-state index contributed by atoms with van der Waals surface area (Å²) < 4.78 is 0. The van der Waals surface area contributed by atoms with Gasteiger partial charge in [0.25, 0.3) is 0 Å². The fourth-order valence-electron chi connectivity index (χ4n) is 3.88. The third-order valence-electron chi connectivity index (χ3n) is 5.36. The number of nitrogens with one attached hydrogen (secondary N) is 1. The van der Waals surface area contributed by atoms with E-state index in [9.17, 15) is 0 Å². The molecule has 106 valence electrons. The van der Waals surface area contributed by atoms with Crippen molar-refractivity contribution in [1.82, 2.24) is 10.2 Å². The quantitative estimate of drug-likeness (QED) is 0.848. The monoisotopic (exact) mass is 261 g/mol. The van der Waals surface area contributed by atoms with Gasteiger partial charge in [-0.2, -0.15) is 5.26 Å². The zero-order valence-electron chi connectivity index (χ0n) is 12.1. The highest BCUT2D eigenvalue weighted by Crippen LogP contribution is 2.31. The van der Waals surface area contributed by atoms with Gasteiger partial charge in [0.1, 0.15) is 0 Å². The van der Waals surface area contributed by atoms with Gasteiger partial charge < -0.3 is 10.2 Å². The number of nitrogens with zero attached hydrogens (tertiary/aromatic N) is 2. The Bertz CT molecular complexity index is 336. The van der Waals surface area contributed by atoms with Gasteiger partial charge >= 0.3 is 0 Å². The molecule has 0 amide bonds. The third-order valence-corrected chi connectivity index (χ3v) is 5.36. The van der Waals surface area contributed by atoms with E-state index >= 15 is 0 Å². The summed E-state index contributed by atoms with van der Waals surface area (Å²) in [4.78, 5) is 2.71. The summed E-state index contributed by atoms with van der Waals surface area (Å²) in [6, 6.07) is 4.79. The van der Waals surface area contributed by atoms with E-state index in [1.165, 1.54) is 45.2 Å². The lowest BCUT2D eigenvalue weighted by Crippen LogP contribution is -2.52. The van der Waals surface area contributed by atoms with Crippen molar-refractivity contribution >= 4 is 0 Å². The molecule has 1 N–H and O–H groups in total. The van der Waals surface area contributed by atoms with Crippen molar-refractivity contribution in [2.45, 2.75) is 70.0 Å². The lowest BCUT2D eigenvalue weighted by molar-refractivity contribution is 0.0783. The first-order valence-corrected chi connectivity index (χ1v) is 8.16. The van der Waals surface area contributed by atoms with Crippen LogP contribution in [0.15, 0.2) is 0 Å². The fourth-order valence-corrected chi connectivity index (χ4v) is 3.88. The minimum Gasteiger partial charge on any atom is -0.311 e. The van der Waals surface area contributed by atoms with Crippen LogP contribution in [0, 0.1) is 23.2 Å². The molecule has 2 atom stereocenters. The third kappa shape index (κ3) is 3.30. The van der Waals surface area contributed by atoms with Crippen molar-refractivity contribution in [1.29, 1.82) is 5.26 Å². The Morgan fingerprint density at radius 3 is 2.37 bits per heavy atom. The zero-order valence-corrected chi connectivity index (χ0v) is 12.1. The van der Waals surface area contributed by atoms with Crippen LogP contribution in [0.4, 0.5) is 0 Å². The molecule has 3 nitrogen and oxygen atoms in total. The molecule has 1 aliphatic heterocycles. The maximum absolute atomic E-state index is 8.98. The first-order chi connectivity index (χ1) is 9.26. The van der Waals surface area contributed by atoms with Crippen molar-refractivity contribution in [2.24, 2.45) is 11.8 Å². The van der Waals surface area contributed by atoms with Crippen LogP contribution in [-0.2, 0) is 0 Å². The Hall–Kier alpha value is -0.590. The second-order valence-electron chi connectivity index (χ2n) is 6.94. The van der Waals surface area contributed by atoms with E-state index in [4.69, 9.17) is 5.26 Å². The summed E-state index contributed by atoms with van der Waals surface area (Å²) in [7, 11) is 0. The molecule has 0 aromatic heterocycles. The number of piperidine rings is 1. The van der Waals surface area contributed by atoms with Crippen LogP contribution in [0.3, 0.4) is 0 Å². The van der Waals surface area contributed by atoms with Gasteiger partial charge in [0.15, 0.2) is 0 Å². The highest BCUT2D eigenvalue weighted by Gasteiger charge is 2.34. The zero-order chi connectivity index (χ0) is 13.2. The number of likely N-dealkylation sites (tertiary alicyclic amines) is 1. The average Bonchev–Trinajstić information content (AvgIpc) is 3.25. The molecule has 0 aromatic rings. The van der Waals surface area contributed by atoms with E-state index in [2.05, 4.69) is 23.2 Å². The van der Waals surface area contributed by atoms with E-state index in [-0.39, 0.29) is 0 Å². The summed E-state index contributed by atoms with van der Waals surface area (Å²) in [5.41, 5.74) is 0. The Morgan fingerprint density at radius 2 is 1.79 bits per heavy atom. The molecule has 0 aromatic carbocycles. The van der Waals surface area contributed by atoms with E-state index in [0.29, 0.717) is 5.92 Å². The van der Waals surface area contributed by atoms with E-state index in [1.807, 2.05) is 0 Å². The Morgan fingerprint density at radius 1 is 1.05 bits per heavy atom. The first kappa shape index (κ1) is 13.4. The number of rotatable bonds is 3. The smallest absolute Gasteiger partial charge is 0.0655 e. The van der Waals surface area contributed by atoms with Crippen LogP contribution < -0.4 is 5.32 Å². The normalized spacial score (nSPS) is 40.8. The molecule has 0 bridgehead atoms. The molecule has 3 aliphatic rings. The minimum absolute atomic E-state index is 0.336. The average molecular weight is 261 g/mol. The number of hydrogen-bond donors (Lipinski definition) is 1. The molecule has 19 heavy (non-hydrogen) atoms. The van der Waals surface area contributed by atoms with Crippen LogP contribution in [0.1, 0.15) is 51.9 Å². The van der Waals surface area contributed by atoms with Crippen LogP contribution >= 0.6 is 0 Å². The number of nitriles is 1. The lowest BCUT2D eigenvalue weighted by atomic mass is 9.84. The second kappa shape index (κ2) is 5.81. The maximum Gasteiger partial charge on any atom is 0.0655 e. The van der Waals surface area contributed by atoms with Gasteiger partial charge in [-0.1, -0.05) is 6.92 Å². The summed E-state index contributed by atoms with van der Waals surface area (Å²) in [5, 5.41) is 12.8. The van der Waals surface area contributed by atoms with Crippen molar-refractivity contribution < 1.29 is 0 Å². The Labute approximate surface area is 117 Å². The molecule has 3 rings (SSSR count). The van der Waals surface area contributed by atoms with Crippen LogP contribution in [0.25, 0.3) is 0 Å². The highest BCUT2D eigenvalue weighted by molar-refractivity contribution is 4.94. The molecule has 2 unspecified atom stereocenters. The van der Waals surface area contributed by atoms with Gasteiger partial charge in [0.05, 0.1) is 6.07 Å². The topological polar surface area (TPSA) is 39.1 Å². The summed E-state index contributed by atoms with van der Waals surface area (Å²) in [5.74, 6) is 1.12. The van der Waals surface area contributed by atoms with Crippen molar-refractivity contribution in [3.63, 3.8) is 0 Å². The van der Waals surface area contributed by atoms with Crippen molar-refractivity contribution in [3.05, 3.63) is 0 Å². The van der Waals surface area contributed by atoms with Gasteiger partial charge in [-0.3, -0.25) is 0 Å². The van der Waals surface area contributed by atoms with Gasteiger partial charge in [0, 0.05) is 30.6 Å². The summed E-state index contributed by atoms with van der Waals surface area (Å²) in [6.45, 7) is 4.93. The molecule has 2 aliphatic carbocycles. The lowest BCUT2D eigenvalue weighted by Gasteiger charge is -2.43. The summed E-state index contributed by atoms with van der Waals surface area (Å²) in [6.07, 6.45) is 8.83. The van der Waals surface area contributed by atoms with E-state index < -0.39 is 0 Å². The molecule has 0 spiro atoms. The van der Waals surface area contributed by atoms with Gasteiger partial charge in [0.2, 0.25) is 0 Å². The summed E-state index contributed by atoms with van der Waals surface area (Å²) >= 11 is 0. The molecule has 3 fully saturated rings. The fraction of sp³-hybridized carbons (Fsp3) is 0.938. The largest absolute Gasteiger partial charge is 0.311 e. The van der Waals surface area contributed by atoms with Crippen LogP contribution in [0.2, 0.25) is 0 Å². The molecule has 1 heterocycles.